The summed E-state index contributed by atoms with van der Waals surface area (Å²) in [6.45, 7) is 2.62. The Hall–Kier alpha value is -3.85. The number of Topliss-reactive ketones (excluding diaryl/α,β-unsaturated/α-hetero) is 1. The smallest absolute Gasteiger partial charge is 0.269 e. The molecule has 0 saturated carbocycles. The third kappa shape index (κ3) is 3.54. The first kappa shape index (κ1) is 22.9. The highest BCUT2D eigenvalue weighted by Gasteiger charge is 2.64. The molecule has 0 radical (unpaired) electrons. The lowest BCUT2D eigenvalue weighted by Crippen LogP contribution is -2.49. The Bertz CT molecular complexity index is 1250. The number of allylic oxidation sites excluding steroid dienone is 1. The fourth-order valence-electron chi connectivity index (χ4n) is 5.66. The highest BCUT2D eigenvalue weighted by Crippen LogP contribution is 2.50. The molecule has 2 saturated heterocycles. The molecule has 0 N–H and O–H groups in total. The van der Waals surface area contributed by atoms with Crippen LogP contribution in [0.25, 0.3) is 5.57 Å². The number of non-ortho nitro benzene ring substituents is 1. The number of fused-ring (bicyclic) bond motifs is 5. The molecule has 2 fully saturated rings. The summed E-state index contributed by atoms with van der Waals surface area (Å²) in [6.07, 6.45) is 2.49. The minimum absolute atomic E-state index is 0.123. The second-order valence-electron chi connectivity index (χ2n) is 9.10. The van der Waals surface area contributed by atoms with Gasteiger partial charge in [0.05, 0.1) is 22.8 Å². The third-order valence-corrected chi connectivity index (χ3v) is 7.21. The molecule has 0 aliphatic carbocycles. The van der Waals surface area contributed by atoms with E-state index in [4.69, 9.17) is 4.74 Å². The fourth-order valence-corrected chi connectivity index (χ4v) is 5.66. The topological polar surface area (TPSA) is 110 Å². The normalized spacial score (nSPS) is 24.7. The summed E-state index contributed by atoms with van der Waals surface area (Å²) >= 11 is 0. The van der Waals surface area contributed by atoms with Gasteiger partial charge in [0.1, 0.15) is 6.04 Å². The Morgan fingerprint density at radius 2 is 1.74 bits per heavy atom. The van der Waals surface area contributed by atoms with E-state index >= 15 is 0 Å². The van der Waals surface area contributed by atoms with Gasteiger partial charge in [-0.2, -0.15) is 0 Å². The number of para-hydroxylation sites is 1. The van der Waals surface area contributed by atoms with Crippen molar-refractivity contribution in [1.82, 2.24) is 4.90 Å². The molecule has 2 amide bonds. The molecular weight excluding hydrogens is 450 g/mol. The number of nitro benzene ring substituents is 1. The van der Waals surface area contributed by atoms with Gasteiger partial charge in [0, 0.05) is 49.2 Å². The summed E-state index contributed by atoms with van der Waals surface area (Å²) in [5.41, 5.74) is 2.88. The Morgan fingerprint density at radius 3 is 2.43 bits per heavy atom. The number of anilines is 1. The molecule has 0 bridgehead atoms. The lowest BCUT2D eigenvalue weighted by Gasteiger charge is -2.38. The average molecular weight is 476 g/mol. The second kappa shape index (κ2) is 8.74. The Kier molecular flexibility index (Phi) is 5.72. The zero-order chi connectivity index (χ0) is 24.9. The molecule has 3 heterocycles. The molecule has 2 aromatic carbocycles. The molecule has 0 aromatic heterocycles. The highest BCUT2D eigenvalue weighted by atomic mass is 16.6. The third-order valence-electron chi connectivity index (χ3n) is 7.21. The van der Waals surface area contributed by atoms with Crippen LogP contribution in [0.1, 0.15) is 29.3 Å². The van der Waals surface area contributed by atoms with Crippen LogP contribution < -0.4 is 4.90 Å². The van der Waals surface area contributed by atoms with Crippen LogP contribution in [0.5, 0.6) is 0 Å². The summed E-state index contributed by atoms with van der Waals surface area (Å²) in [4.78, 5) is 54.7. The average Bonchev–Trinajstić information content (AvgIpc) is 3.32. The lowest BCUT2D eigenvalue weighted by atomic mass is 9.85. The van der Waals surface area contributed by atoms with Gasteiger partial charge in [-0.05, 0) is 37.1 Å². The Labute approximate surface area is 202 Å². The SMILES string of the molecule is COCCCN1C(=O)[C@H]2[C@H](C1=O)[C@H](C(=O)c1ccc([N+](=O)[O-])cc1)N1c3ccccc3C(C)=C[C@H]21. The van der Waals surface area contributed by atoms with Gasteiger partial charge in [0.2, 0.25) is 11.8 Å². The van der Waals surface area contributed by atoms with Crippen LogP contribution in [-0.4, -0.2) is 59.8 Å². The number of carbonyl (C=O) groups is 3. The minimum atomic E-state index is -0.902. The van der Waals surface area contributed by atoms with Gasteiger partial charge in [-0.25, -0.2) is 0 Å². The summed E-state index contributed by atoms with van der Waals surface area (Å²) in [5.74, 6) is -2.48. The zero-order valence-corrected chi connectivity index (χ0v) is 19.4. The maximum Gasteiger partial charge on any atom is 0.269 e. The minimum Gasteiger partial charge on any atom is -0.385 e. The Balaban J connectivity index is 1.59. The molecule has 180 valence electrons. The van der Waals surface area contributed by atoms with Crippen molar-refractivity contribution in [3.8, 4) is 0 Å². The van der Waals surface area contributed by atoms with Crippen molar-refractivity contribution in [2.24, 2.45) is 11.8 Å². The van der Waals surface area contributed by atoms with Crippen molar-refractivity contribution in [2.45, 2.75) is 25.4 Å². The van der Waals surface area contributed by atoms with Gasteiger partial charge in [-0.15, -0.1) is 0 Å². The first-order valence-electron chi connectivity index (χ1n) is 11.5. The van der Waals surface area contributed by atoms with E-state index in [1.807, 2.05) is 42.2 Å². The summed E-state index contributed by atoms with van der Waals surface area (Å²) in [6, 6.07) is 11.7. The molecular formula is C26H25N3O6. The van der Waals surface area contributed by atoms with Crippen LogP contribution in [0.2, 0.25) is 0 Å². The van der Waals surface area contributed by atoms with E-state index < -0.39 is 28.8 Å². The molecule has 2 aromatic rings. The number of hydrogen-bond donors (Lipinski definition) is 0. The first-order chi connectivity index (χ1) is 16.8. The predicted octanol–water partition coefficient (Wildman–Crippen LogP) is 3.09. The van der Waals surface area contributed by atoms with Gasteiger partial charge < -0.3 is 9.64 Å². The van der Waals surface area contributed by atoms with E-state index in [-0.39, 0.29) is 35.4 Å². The van der Waals surface area contributed by atoms with E-state index in [1.54, 1.807) is 7.11 Å². The van der Waals surface area contributed by atoms with E-state index in [1.165, 1.54) is 29.2 Å². The molecule has 9 heteroatoms. The zero-order valence-electron chi connectivity index (χ0n) is 19.4. The number of imide groups is 1. The molecule has 3 aliphatic rings. The van der Waals surface area contributed by atoms with Gasteiger partial charge in [0.25, 0.3) is 5.69 Å². The van der Waals surface area contributed by atoms with Crippen LogP contribution in [0.15, 0.2) is 54.6 Å². The van der Waals surface area contributed by atoms with Gasteiger partial charge in [0.15, 0.2) is 5.78 Å². The number of nitrogens with zero attached hydrogens (tertiary/aromatic N) is 3. The van der Waals surface area contributed by atoms with Crippen molar-refractivity contribution in [3.05, 3.63) is 75.8 Å². The molecule has 35 heavy (non-hydrogen) atoms. The number of carbonyl (C=O) groups excluding carboxylic acids is 3. The van der Waals surface area contributed by atoms with E-state index in [9.17, 15) is 24.5 Å². The quantitative estimate of drug-likeness (QED) is 0.199. The first-order valence-corrected chi connectivity index (χ1v) is 11.5. The van der Waals surface area contributed by atoms with Crippen molar-refractivity contribution < 1.29 is 24.0 Å². The van der Waals surface area contributed by atoms with Crippen LogP contribution in [-0.2, 0) is 14.3 Å². The molecule has 4 atom stereocenters. The number of benzene rings is 2. The van der Waals surface area contributed by atoms with Crippen LogP contribution in [0, 0.1) is 22.0 Å². The van der Waals surface area contributed by atoms with Crippen molar-refractivity contribution in [1.29, 1.82) is 0 Å². The predicted molar refractivity (Wildman–Crippen MR) is 128 cm³/mol. The standard InChI is InChI=1S/C26H25N3O6/c1-15-14-20-21-22(26(32)27(25(21)31)12-5-13-35-2)23(28(20)19-7-4-3-6-18(15)19)24(30)16-8-10-17(11-9-16)29(33)34/h3-4,6-11,14,20-23H,5,12-13H2,1-2H3/t20-,21-,22+,23-/m1/s1. The second-order valence-corrected chi connectivity index (χ2v) is 9.10. The number of amides is 2. The molecule has 3 aliphatic heterocycles. The monoisotopic (exact) mass is 475 g/mol. The number of nitro groups is 1. The number of ether oxygens (including phenoxy) is 1. The summed E-state index contributed by atoms with van der Waals surface area (Å²) < 4.78 is 5.08. The van der Waals surface area contributed by atoms with E-state index in [0.717, 1.165) is 16.8 Å². The maximum atomic E-state index is 13.9. The van der Waals surface area contributed by atoms with E-state index in [2.05, 4.69) is 0 Å². The van der Waals surface area contributed by atoms with Crippen molar-refractivity contribution >= 4 is 34.5 Å². The van der Waals surface area contributed by atoms with Gasteiger partial charge >= 0.3 is 0 Å². The Morgan fingerprint density at radius 1 is 1.06 bits per heavy atom. The number of likely N-dealkylation sites (tertiary alicyclic amines) is 1. The molecule has 0 unspecified atom stereocenters. The van der Waals surface area contributed by atoms with Crippen LogP contribution in [0.4, 0.5) is 11.4 Å². The number of ketones is 1. The number of hydrogen-bond acceptors (Lipinski definition) is 7. The summed E-state index contributed by atoms with van der Waals surface area (Å²) in [7, 11) is 1.56. The maximum absolute atomic E-state index is 13.9. The highest BCUT2D eigenvalue weighted by molar-refractivity contribution is 6.14. The molecule has 0 spiro atoms. The summed E-state index contributed by atoms with van der Waals surface area (Å²) in [5, 5.41) is 11.1. The largest absolute Gasteiger partial charge is 0.385 e. The van der Waals surface area contributed by atoms with Crippen molar-refractivity contribution in [3.63, 3.8) is 0 Å². The lowest BCUT2D eigenvalue weighted by molar-refractivity contribution is -0.384. The molecule has 5 rings (SSSR count). The molecule has 9 nitrogen and oxygen atoms in total. The van der Waals surface area contributed by atoms with Crippen LogP contribution in [0.3, 0.4) is 0 Å². The number of rotatable bonds is 7. The van der Waals surface area contributed by atoms with Gasteiger partial charge in [-0.1, -0.05) is 24.3 Å². The fraction of sp³-hybridized carbons (Fsp3) is 0.346. The van der Waals surface area contributed by atoms with Gasteiger partial charge in [-0.3, -0.25) is 29.4 Å². The number of methoxy groups -OCH3 is 1. The van der Waals surface area contributed by atoms with Crippen LogP contribution >= 0.6 is 0 Å². The van der Waals surface area contributed by atoms with E-state index in [0.29, 0.717) is 13.0 Å². The van der Waals surface area contributed by atoms with Crippen molar-refractivity contribution in [2.75, 3.05) is 25.2 Å².